The summed E-state index contributed by atoms with van der Waals surface area (Å²) in [6.45, 7) is 8.29. The molecule has 4 aromatic rings. The summed E-state index contributed by atoms with van der Waals surface area (Å²) in [5.41, 5.74) is 7.16. The predicted molar refractivity (Wildman–Crippen MR) is 139 cm³/mol. The Hall–Kier alpha value is -3.42. The van der Waals surface area contributed by atoms with Crippen molar-refractivity contribution in [1.82, 2.24) is 19.3 Å². The number of halogens is 1. The zero-order valence-corrected chi connectivity index (χ0v) is 19.8. The van der Waals surface area contributed by atoms with Crippen molar-refractivity contribution >= 4 is 40.7 Å². The van der Waals surface area contributed by atoms with Gasteiger partial charge < -0.3 is 15.1 Å². The highest BCUT2D eigenvalue weighted by Crippen LogP contribution is 2.35. The Bertz CT molecular complexity index is 1370. The summed E-state index contributed by atoms with van der Waals surface area (Å²) in [5, 5.41) is 4.10. The molecule has 5 heterocycles. The molecule has 1 saturated heterocycles. The molecule has 0 bridgehead atoms. The monoisotopic (exact) mass is 471 g/mol. The summed E-state index contributed by atoms with van der Waals surface area (Å²) in [6, 6.07) is 12.6. The number of likely N-dealkylation sites (N-methyl/N-ethyl adjacent to an activating group) is 1. The van der Waals surface area contributed by atoms with Gasteiger partial charge in [-0.2, -0.15) is 0 Å². The molecule has 0 radical (unpaired) electrons. The van der Waals surface area contributed by atoms with Crippen molar-refractivity contribution in [3.05, 3.63) is 71.3 Å². The Morgan fingerprint density at radius 2 is 1.91 bits per heavy atom. The van der Waals surface area contributed by atoms with E-state index in [9.17, 15) is 0 Å². The van der Waals surface area contributed by atoms with E-state index in [4.69, 9.17) is 16.6 Å². The molecule has 34 heavy (non-hydrogen) atoms. The minimum absolute atomic E-state index is 0.631. The van der Waals surface area contributed by atoms with Crippen LogP contribution in [0.2, 0.25) is 5.15 Å². The maximum atomic E-state index is 6.81. The molecule has 172 valence electrons. The van der Waals surface area contributed by atoms with E-state index in [0.29, 0.717) is 11.7 Å². The van der Waals surface area contributed by atoms with Gasteiger partial charge in [-0.25, -0.2) is 9.97 Å². The van der Waals surface area contributed by atoms with Gasteiger partial charge in [0.15, 0.2) is 5.65 Å². The number of rotatable bonds is 5. The standard InChI is InChI=1S/C26H26ClN7/c1-2-32-9-11-33(12-10-32)21-5-6-24(30-17-21)31-23-14-22(25(27)34-8-7-29-26(23)34)18-3-4-19-15-28-16-20(19)13-18/h3-8,13-15,17H,2,9-12,16H2,1H3,(H,30,31). The highest BCUT2D eigenvalue weighted by Gasteiger charge is 2.18. The second-order valence-electron chi connectivity index (χ2n) is 8.71. The number of piperazine rings is 1. The van der Waals surface area contributed by atoms with E-state index in [1.54, 1.807) is 6.20 Å². The van der Waals surface area contributed by atoms with Gasteiger partial charge in [0, 0.05) is 50.4 Å². The molecule has 3 aromatic heterocycles. The fraction of sp³-hybridized carbons (Fsp3) is 0.269. The third-order valence-electron chi connectivity index (χ3n) is 6.75. The molecular formula is C26H26ClN7. The van der Waals surface area contributed by atoms with E-state index in [-0.39, 0.29) is 0 Å². The summed E-state index contributed by atoms with van der Waals surface area (Å²) in [6.07, 6.45) is 7.52. The molecule has 7 nitrogen and oxygen atoms in total. The first-order valence-electron chi connectivity index (χ1n) is 11.7. The van der Waals surface area contributed by atoms with Crippen LogP contribution in [0.5, 0.6) is 0 Å². The number of aliphatic imine (C=N–C) groups is 1. The second-order valence-corrected chi connectivity index (χ2v) is 9.07. The quantitative estimate of drug-likeness (QED) is 0.421. The van der Waals surface area contributed by atoms with Crippen molar-refractivity contribution in [3.63, 3.8) is 0 Å². The van der Waals surface area contributed by atoms with Gasteiger partial charge in [0.25, 0.3) is 0 Å². The van der Waals surface area contributed by atoms with E-state index in [1.807, 2.05) is 29.1 Å². The van der Waals surface area contributed by atoms with Crippen LogP contribution in [0, 0.1) is 0 Å². The first-order chi connectivity index (χ1) is 16.7. The normalized spacial score (nSPS) is 15.8. The second kappa shape index (κ2) is 8.74. The number of aromatic nitrogens is 3. The lowest BCUT2D eigenvalue weighted by molar-refractivity contribution is 0.271. The van der Waals surface area contributed by atoms with E-state index >= 15 is 0 Å². The molecule has 1 fully saturated rings. The van der Waals surface area contributed by atoms with Crippen LogP contribution in [-0.4, -0.2) is 58.2 Å². The number of anilines is 3. The molecule has 2 aliphatic rings. The number of pyridine rings is 2. The fourth-order valence-corrected chi connectivity index (χ4v) is 5.04. The third kappa shape index (κ3) is 3.81. The number of hydrogen-bond acceptors (Lipinski definition) is 6. The largest absolute Gasteiger partial charge is 0.368 e. The molecule has 1 N–H and O–H groups in total. The number of hydrogen-bond donors (Lipinski definition) is 1. The van der Waals surface area contributed by atoms with Crippen LogP contribution in [0.4, 0.5) is 17.2 Å². The predicted octanol–water partition coefficient (Wildman–Crippen LogP) is 4.87. The maximum Gasteiger partial charge on any atom is 0.161 e. The lowest BCUT2D eigenvalue weighted by Gasteiger charge is -2.35. The number of nitrogens with one attached hydrogen (secondary N) is 1. The molecule has 2 aliphatic heterocycles. The van der Waals surface area contributed by atoms with Crippen LogP contribution in [0.15, 0.2) is 60.0 Å². The highest BCUT2D eigenvalue weighted by atomic mass is 35.5. The molecule has 0 atom stereocenters. The molecule has 0 aliphatic carbocycles. The molecule has 1 aromatic carbocycles. The van der Waals surface area contributed by atoms with Gasteiger partial charge in [0.05, 0.1) is 24.1 Å². The third-order valence-corrected chi connectivity index (χ3v) is 7.13. The number of imidazole rings is 1. The Labute approximate surface area is 203 Å². The van der Waals surface area contributed by atoms with Gasteiger partial charge >= 0.3 is 0 Å². The Morgan fingerprint density at radius 3 is 2.71 bits per heavy atom. The first kappa shape index (κ1) is 21.1. The summed E-state index contributed by atoms with van der Waals surface area (Å²) in [4.78, 5) is 18.5. The molecule has 0 saturated carbocycles. The van der Waals surface area contributed by atoms with Crippen LogP contribution in [0.25, 0.3) is 16.8 Å². The van der Waals surface area contributed by atoms with Crippen molar-refractivity contribution in [3.8, 4) is 11.1 Å². The lowest BCUT2D eigenvalue weighted by atomic mass is 10.0. The summed E-state index contributed by atoms with van der Waals surface area (Å²) in [7, 11) is 0. The van der Waals surface area contributed by atoms with Crippen LogP contribution in [-0.2, 0) is 6.54 Å². The Kier molecular flexibility index (Phi) is 5.43. The van der Waals surface area contributed by atoms with Crippen molar-refractivity contribution in [2.24, 2.45) is 4.99 Å². The highest BCUT2D eigenvalue weighted by molar-refractivity contribution is 6.32. The Balaban J connectivity index is 1.29. The lowest BCUT2D eigenvalue weighted by Crippen LogP contribution is -2.46. The summed E-state index contributed by atoms with van der Waals surface area (Å²) < 4.78 is 1.91. The van der Waals surface area contributed by atoms with Crippen molar-refractivity contribution < 1.29 is 0 Å². The van der Waals surface area contributed by atoms with Crippen LogP contribution < -0.4 is 10.2 Å². The fourth-order valence-electron chi connectivity index (χ4n) is 4.74. The van der Waals surface area contributed by atoms with Gasteiger partial charge in [-0.15, -0.1) is 0 Å². The smallest absolute Gasteiger partial charge is 0.161 e. The minimum atomic E-state index is 0.631. The minimum Gasteiger partial charge on any atom is -0.368 e. The summed E-state index contributed by atoms with van der Waals surface area (Å²) >= 11 is 6.81. The van der Waals surface area contributed by atoms with Gasteiger partial charge in [0.2, 0.25) is 0 Å². The molecule has 6 rings (SSSR count). The van der Waals surface area contributed by atoms with Crippen LogP contribution in [0.3, 0.4) is 0 Å². The Morgan fingerprint density at radius 1 is 1.03 bits per heavy atom. The zero-order chi connectivity index (χ0) is 23.1. The maximum absolute atomic E-state index is 6.81. The van der Waals surface area contributed by atoms with Crippen molar-refractivity contribution in [1.29, 1.82) is 0 Å². The van der Waals surface area contributed by atoms with E-state index in [1.165, 1.54) is 11.1 Å². The van der Waals surface area contributed by atoms with E-state index < -0.39 is 0 Å². The van der Waals surface area contributed by atoms with E-state index in [0.717, 1.165) is 66.7 Å². The molecular weight excluding hydrogens is 446 g/mol. The average molecular weight is 472 g/mol. The van der Waals surface area contributed by atoms with Crippen molar-refractivity contribution in [2.75, 3.05) is 42.9 Å². The number of fused-ring (bicyclic) bond motifs is 2. The van der Waals surface area contributed by atoms with Gasteiger partial charge in [-0.05, 0) is 47.5 Å². The zero-order valence-electron chi connectivity index (χ0n) is 19.1. The van der Waals surface area contributed by atoms with E-state index in [2.05, 4.69) is 62.3 Å². The SMILES string of the molecule is CCN1CCN(c2ccc(Nc3cc(-c4ccc5c(c4)CN=C5)c(Cl)n4ccnc34)nc2)CC1. The van der Waals surface area contributed by atoms with Gasteiger partial charge in [-0.1, -0.05) is 30.7 Å². The molecule has 0 unspecified atom stereocenters. The molecule has 0 spiro atoms. The van der Waals surface area contributed by atoms with Crippen LogP contribution in [0.1, 0.15) is 18.1 Å². The summed E-state index contributed by atoms with van der Waals surface area (Å²) in [5.74, 6) is 0.775. The molecule has 8 heteroatoms. The van der Waals surface area contributed by atoms with Crippen LogP contribution >= 0.6 is 11.6 Å². The van der Waals surface area contributed by atoms with Gasteiger partial charge in [-0.3, -0.25) is 9.39 Å². The topological polar surface area (TPSA) is 61.1 Å². The van der Waals surface area contributed by atoms with Gasteiger partial charge in [0.1, 0.15) is 11.0 Å². The number of benzene rings is 1. The number of nitrogens with zero attached hydrogens (tertiary/aromatic N) is 6. The molecule has 0 amide bonds. The average Bonchev–Trinajstić information content (AvgIpc) is 3.56. The van der Waals surface area contributed by atoms with Crippen molar-refractivity contribution in [2.45, 2.75) is 13.5 Å². The first-order valence-corrected chi connectivity index (χ1v) is 12.1.